The van der Waals surface area contributed by atoms with E-state index in [4.69, 9.17) is 4.74 Å². The van der Waals surface area contributed by atoms with Crippen molar-refractivity contribution in [2.75, 3.05) is 0 Å². The highest BCUT2D eigenvalue weighted by molar-refractivity contribution is 5.89. The summed E-state index contributed by atoms with van der Waals surface area (Å²) >= 11 is 0. The first kappa shape index (κ1) is 13.9. The van der Waals surface area contributed by atoms with Gasteiger partial charge in [-0.3, -0.25) is 0 Å². The van der Waals surface area contributed by atoms with Crippen molar-refractivity contribution in [3.63, 3.8) is 0 Å². The van der Waals surface area contributed by atoms with Crippen LogP contribution in [0.3, 0.4) is 0 Å². The molecule has 0 saturated heterocycles. The number of benzene rings is 1. The van der Waals surface area contributed by atoms with Crippen molar-refractivity contribution >= 4 is 5.97 Å². The maximum Gasteiger partial charge on any atom is 0.416 e. The van der Waals surface area contributed by atoms with E-state index in [1.807, 2.05) is 0 Å². The fourth-order valence-electron chi connectivity index (χ4n) is 2.20. The minimum atomic E-state index is -4.38. The summed E-state index contributed by atoms with van der Waals surface area (Å²) in [6.45, 7) is 0. The van der Waals surface area contributed by atoms with E-state index in [0.29, 0.717) is 0 Å². The first-order valence-corrected chi connectivity index (χ1v) is 6.35. The van der Waals surface area contributed by atoms with Gasteiger partial charge in [-0.05, 0) is 49.9 Å². The molecule has 104 valence electrons. The molecule has 0 N–H and O–H groups in total. The highest BCUT2D eigenvalue weighted by Crippen LogP contribution is 2.29. The average Bonchev–Trinajstić information content (AvgIpc) is 2.39. The van der Waals surface area contributed by atoms with Crippen molar-refractivity contribution in [2.24, 2.45) is 0 Å². The minimum absolute atomic E-state index is 0.0939. The molecule has 0 spiro atoms. The quantitative estimate of drug-likeness (QED) is 0.754. The van der Waals surface area contributed by atoms with Crippen molar-refractivity contribution in [2.45, 2.75) is 44.4 Å². The van der Waals surface area contributed by atoms with Crippen LogP contribution in [0.2, 0.25) is 0 Å². The van der Waals surface area contributed by atoms with Gasteiger partial charge in [0.15, 0.2) is 0 Å². The fraction of sp³-hybridized carbons (Fsp3) is 0.500. The van der Waals surface area contributed by atoms with Gasteiger partial charge in [-0.2, -0.15) is 13.2 Å². The van der Waals surface area contributed by atoms with E-state index in [1.165, 1.54) is 0 Å². The summed E-state index contributed by atoms with van der Waals surface area (Å²) in [4.78, 5) is 11.8. The van der Waals surface area contributed by atoms with Crippen molar-refractivity contribution in [3.8, 4) is 0 Å². The summed E-state index contributed by atoms with van der Waals surface area (Å²) in [6, 6.07) is 4.12. The number of halogens is 3. The van der Waals surface area contributed by atoms with Crippen LogP contribution in [0.25, 0.3) is 0 Å². The standard InChI is InChI=1S/C14H15F3O2/c15-14(16,17)11-8-6-10(7-9-11)13(18)19-12-4-2-1-3-5-12/h6-9,12H,1-5H2. The van der Waals surface area contributed by atoms with Gasteiger partial charge < -0.3 is 4.74 Å². The zero-order valence-electron chi connectivity index (χ0n) is 10.4. The van der Waals surface area contributed by atoms with E-state index in [9.17, 15) is 18.0 Å². The summed E-state index contributed by atoms with van der Waals surface area (Å²) in [7, 11) is 0. The lowest BCUT2D eigenvalue weighted by molar-refractivity contribution is -0.137. The molecule has 1 aromatic rings. The second kappa shape index (κ2) is 5.63. The lowest BCUT2D eigenvalue weighted by Crippen LogP contribution is -2.21. The molecule has 19 heavy (non-hydrogen) atoms. The summed E-state index contributed by atoms with van der Waals surface area (Å²) in [6.07, 6.45) is 0.415. The Bertz CT molecular complexity index is 431. The Balaban J connectivity index is 1.99. The lowest BCUT2D eigenvalue weighted by atomic mass is 9.98. The largest absolute Gasteiger partial charge is 0.459 e. The van der Waals surface area contributed by atoms with Gasteiger partial charge in [0.1, 0.15) is 6.10 Å². The molecule has 1 saturated carbocycles. The van der Waals surface area contributed by atoms with Gasteiger partial charge in [0, 0.05) is 0 Å². The molecular formula is C14H15F3O2. The Morgan fingerprint density at radius 3 is 2.16 bits per heavy atom. The zero-order valence-corrected chi connectivity index (χ0v) is 10.4. The van der Waals surface area contributed by atoms with Crippen LogP contribution in [0.4, 0.5) is 13.2 Å². The second-order valence-electron chi connectivity index (χ2n) is 4.74. The summed E-state index contributed by atoms with van der Waals surface area (Å²) in [5.74, 6) is -0.541. The Labute approximate surface area is 109 Å². The normalized spacial score (nSPS) is 17.2. The summed E-state index contributed by atoms with van der Waals surface area (Å²) in [5.41, 5.74) is -0.597. The summed E-state index contributed by atoms with van der Waals surface area (Å²) < 4.78 is 42.4. The van der Waals surface area contributed by atoms with Gasteiger partial charge in [-0.25, -0.2) is 4.79 Å². The van der Waals surface area contributed by atoms with Crippen LogP contribution in [0.15, 0.2) is 24.3 Å². The summed E-state index contributed by atoms with van der Waals surface area (Å²) in [5, 5.41) is 0. The maximum atomic E-state index is 12.4. The number of alkyl halides is 3. The molecule has 0 aliphatic heterocycles. The number of rotatable bonds is 2. The molecule has 0 unspecified atom stereocenters. The van der Waals surface area contributed by atoms with Crippen molar-refractivity contribution in [1.82, 2.24) is 0 Å². The molecule has 1 aliphatic carbocycles. The van der Waals surface area contributed by atoms with E-state index in [2.05, 4.69) is 0 Å². The third kappa shape index (κ3) is 3.72. The van der Waals surface area contributed by atoms with Gasteiger partial charge in [-0.15, -0.1) is 0 Å². The third-order valence-electron chi connectivity index (χ3n) is 3.27. The molecule has 0 atom stereocenters. The van der Waals surface area contributed by atoms with Crippen LogP contribution in [0.1, 0.15) is 48.0 Å². The molecule has 0 aromatic heterocycles. The molecule has 1 fully saturated rings. The first-order valence-electron chi connectivity index (χ1n) is 6.35. The maximum absolute atomic E-state index is 12.4. The molecule has 1 aromatic carbocycles. The van der Waals surface area contributed by atoms with E-state index >= 15 is 0 Å². The average molecular weight is 272 g/mol. The Morgan fingerprint density at radius 1 is 1.05 bits per heavy atom. The lowest BCUT2D eigenvalue weighted by Gasteiger charge is -2.21. The van der Waals surface area contributed by atoms with Crippen LogP contribution in [-0.4, -0.2) is 12.1 Å². The van der Waals surface area contributed by atoms with Crippen LogP contribution in [0.5, 0.6) is 0 Å². The van der Waals surface area contributed by atoms with Gasteiger partial charge in [0.2, 0.25) is 0 Å². The second-order valence-corrected chi connectivity index (χ2v) is 4.74. The number of carbonyl (C=O) groups is 1. The van der Waals surface area contributed by atoms with E-state index < -0.39 is 17.7 Å². The van der Waals surface area contributed by atoms with Gasteiger partial charge in [0.25, 0.3) is 0 Å². The van der Waals surface area contributed by atoms with Gasteiger partial charge in [-0.1, -0.05) is 6.42 Å². The zero-order chi connectivity index (χ0) is 13.9. The highest BCUT2D eigenvalue weighted by atomic mass is 19.4. The van der Waals surface area contributed by atoms with Crippen LogP contribution in [-0.2, 0) is 10.9 Å². The van der Waals surface area contributed by atoms with Crippen molar-refractivity contribution in [1.29, 1.82) is 0 Å². The van der Waals surface area contributed by atoms with Crippen LogP contribution >= 0.6 is 0 Å². The molecular weight excluding hydrogens is 257 g/mol. The topological polar surface area (TPSA) is 26.3 Å². The Hall–Kier alpha value is -1.52. The molecule has 0 radical (unpaired) electrons. The molecule has 2 nitrogen and oxygen atoms in total. The molecule has 5 heteroatoms. The van der Waals surface area contributed by atoms with Crippen LogP contribution in [0, 0.1) is 0 Å². The number of hydrogen-bond acceptors (Lipinski definition) is 2. The third-order valence-corrected chi connectivity index (χ3v) is 3.27. The highest BCUT2D eigenvalue weighted by Gasteiger charge is 2.30. The van der Waals surface area contributed by atoms with Gasteiger partial charge >= 0.3 is 12.1 Å². The molecule has 1 aliphatic rings. The smallest absolute Gasteiger partial charge is 0.416 e. The minimum Gasteiger partial charge on any atom is -0.459 e. The first-order chi connectivity index (χ1) is 8.97. The SMILES string of the molecule is O=C(OC1CCCCC1)c1ccc(C(F)(F)F)cc1. The number of ether oxygens (including phenoxy) is 1. The van der Waals surface area contributed by atoms with E-state index in [-0.39, 0.29) is 11.7 Å². The molecule has 0 amide bonds. The fourth-order valence-corrected chi connectivity index (χ4v) is 2.20. The van der Waals surface area contributed by atoms with Crippen molar-refractivity contribution in [3.05, 3.63) is 35.4 Å². The molecule has 2 rings (SSSR count). The Kier molecular flexibility index (Phi) is 4.12. The number of carbonyl (C=O) groups excluding carboxylic acids is 1. The molecule has 0 heterocycles. The number of hydrogen-bond donors (Lipinski definition) is 0. The van der Waals surface area contributed by atoms with E-state index in [0.717, 1.165) is 56.4 Å². The van der Waals surface area contributed by atoms with E-state index in [1.54, 1.807) is 0 Å². The van der Waals surface area contributed by atoms with Gasteiger partial charge in [0.05, 0.1) is 11.1 Å². The van der Waals surface area contributed by atoms with Crippen molar-refractivity contribution < 1.29 is 22.7 Å². The predicted octanol–water partition coefficient (Wildman–Crippen LogP) is 4.19. The molecule has 0 bridgehead atoms. The monoisotopic (exact) mass is 272 g/mol. The number of esters is 1. The van der Waals surface area contributed by atoms with Crippen LogP contribution < -0.4 is 0 Å². The predicted molar refractivity (Wildman–Crippen MR) is 63.7 cm³/mol. The Morgan fingerprint density at radius 2 is 1.63 bits per heavy atom.